The van der Waals surface area contributed by atoms with Crippen molar-refractivity contribution in [3.8, 4) is 11.1 Å². The van der Waals surface area contributed by atoms with Crippen LogP contribution in [0.3, 0.4) is 0 Å². The van der Waals surface area contributed by atoms with E-state index in [0.29, 0.717) is 47.0 Å². The third kappa shape index (κ3) is 8.20. The Morgan fingerprint density at radius 3 is 1.46 bits per heavy atom. The van der Waals surface area contributed by atoms with Crippen LogP contribution < -0.4 is 10.6 Å². The largest absolute Gasteiger partial charge is 0.459 e. The third-order valence-corrected chi connectivity index (χ3v) is 8.83. The van der Waals surface area contributed by atoms with Crippen molar-refractivity contribution in [1.82, 2.24) is 10.6 Å². The van der Waals surface area contributed by atoms with Crippen LogP contribution in [-0.4, -0.2) is 47.8 Å². The molecule has 0 radical (unpaired) electrons. The fraction of sp³-hybridized carbons (Fsp3) is 0.600. The predicted octanol–water partition coefficient (Wildman–Crippen LogP) is 7.02. The standard InChI is InChI=1S/C35H50N2O4/c1-21(2)30-17-28(18-31(36-30)22(3)4)40-33(38)26-13-9-24(10-14-26)25-11-15-27(16-12-25)34(39)41-29-19-32(23(5)6)37-35(7,8)20-29/h9-16,21-23,28-32,36-37H,17-20H2,1-8H3. The molecule has 4 unspecified atom stereocenters. The summed E-state index contributed by atoms with van der Waals surface area (Å²) >= 11 is 0. The van der Waals surface area contributed by atoms with Crippen LogP contribution in [-0.2, 0) is 9.47 Å². The molecule has 2 aliphatic rings. The van der Waals surface area contributed by atoms with Gasteiger partial charge in [-0.2, -0.15) is 0 Å². The first-order chi connectivity index (χ1) is 19.3. The maximum atomic E-state index is 13.0. The van der Waals surface area contributed by atoms with E-state index in [4.69, 9.17) is 9.47 Å². The van der Waals surface area contributed by atoms with E-state index in [1.54, 1.807) is 0 Å². The summed E-state index contributed by atoms with van der Waals surface area (Å²) in [6.07, 6.45) is 3.12. The van der Waals surface area contributed by atoms with E-state index >= 15 is 0 Å². The Morgan fingerprint density at radius 1 is 0.659 bits per heavy atom. The van der Waals surface area contributed by atoms with Crippen molar-refractivity contribution in [2.24, 2.45) is 17.8 Å². The van der Waals surface area contributed by atoms with Crippen LogP contribution in [0.25, 0.3) is 11.1 Å². The van der Waals surface area contributed by atoms with E-state index in [-0.39, 0.29) is 29.7 Å². The van der Waals surface area contributed by atoms with Gasteiger partial charge in [-0.25, -0.2) is 9.59 Å². The maximum Gasteiger partial charge on any atom is 0.338 e. The Bertz CT molecular complexity index is 1150. The second-order valence-electron chi connectivity index (χ2n) is 13.9. The molecule has 0 spiro atoms. The lowest BCUT2D eigenvalue weighted by molar-refractivity contribution is 0.000211. The molecule has 2 aliphatic heterocycles. The number of piperidine rings is 2. The SMILES string of the molecule is CC(C)C1CC(OC(=O)c2ccc(-c3ccc(C(=O)OC4CC(C(C)C)NC(C)(C)C4)cc3)cc2)CC(C(C)C)N1. The number of benzene rings is 2. The molecule has 2 N–H and O–H groups in total. The minimum atomic E-state index is -0.280. The molecule has 0 amide bonds. The zero-order valence-electron chi connectivity index (χ0n) is 26.2. The lowest BCUT2D eigenvalue weighted by Crippen LogP contribution is -2.56. The first-order valence-corrected chi connectivity index (χ1v) is 15.5. The van der Waals surface area contributed by atoms with Crippen LogP contribution in [0.5, 0.6) is 0 Å². The molecular formula is C35H50N2O4. The summed E-state index contributed by atoms with van der Waals surface area (Å²) in [5.74, 6) is 0.894. The van der Waals surface area contributed by atoms with E-state index < -0.39 is 0 Å². The van der Waals surface area contributed by atoms with Gasteiger partial charge in [0, 0.05) is 49.3 Å². The third-order valence-electron chi connectivity index (χ3n) is 8.83. The van der Waals surface area contributed by atoms with Gasteiger partial charge >= 0.3 is 11.9 Å². The number of carbonyl (C=O) groups is 2. The van der Waals surface area contributed by atoms with Gasteiger partial charge in [0.15, 0.2) is 0 Å². The van der Waals surface area contributed by atoms with Gasteiger partial charge in [0.25, 0.3) is 0 Å². The predicted molar refractivity (Wildman–Crippen MR) is 165 cm³/mol. The molecule has 6 nitrogen and oxygen atoms in total. The summed E-state index contributed by atoms with van der Waals surface area (Å²) in [4.78, 5) is 25.9. The molecule has 2 aromatic rings. The van der Waals surface area contributed by atoms with Crippen LogP contribution in [0.4, 0.5) is 0 Å². The molecule has 41 heavy (non-hydrogen) atoms. The first-order valence-electron chi connectivity index (χ1n) is 15.5. The average molecular weight is 563 g/mol. The summed E-state index contributed by atoms with van der Waals surface area (Å²) in [5, 5.41) is 7.42. The highest BCUT2D eigenvalue weighted by Crippen LogP contribution is 2.29. The highest BCUT2D eigenvalue weighted by Gasteiger charge is 2.37. The fourth-order valence-corrected chi connectivity index (χ4v) is 6.22. The zero-order valence-corrected chi connectivity index (χ0v) is 26.2. The highest BCUT2D eigenvalue weighted by atomic mass is 16.5. The lowest BCUT2D eigenvalue weighted by Gasteiger charge is -2.42. The van der Waals surface area contributed by atoms with Crippen LogP contribution in [0.15, 0.2) is 48.5 Å². The van der Waals surface area contributed by atoms with Gasteiger partial charge < -0.3 is 20.1 Å². The van der Waals surface area contributed by atoms with Crippen LogP contribution >= 0.6 is 0 Å². The second-order valence-corrected chi connectivity index (χ2v) is 13.9. The molecule has 4 rings (SSSR count). The van der Waals surface area contributed by atoms with Gasteiger partial charge in [-0.3, -0.25) is 0 Å². The molecule has 4 atom stereocenters. The molecule has 6 heteroatoms. The normalized spacial score (nSPS) is 26.3. The summed E-state index contributed by atoms with van der Waals surface area (Å²) in [6.45, 7) is 17.6. The van der Waals surface area contributed by atoms with E-state index in [1.165, 1.54) is 0 Å². The molecule has 2 fully saturated rings. The molecule has 2 aromatic carbocycles. The molecule has 0 bridgehead atoms. The maximum absolute atomic E-state index is 13.0. The molecule has 0 aliphatic carbocycles. The van der Waals surface area contributed by atoms with Crippen LogP contribution in [0.1, 0.15) is 102 Å². The highest BCUT2D eigenvalue weighted by molar-refractivity contribution is 5.91. The average Bonchev–Trinajstić information content (AvgIpc) is 2.92. The Kier molecular flexibility index (Phi) is 9.97. The lowest BCUT2D eigenvalue weighted by atomic mass is 9.83. The fourth-order valence-electron chi connectivity index (χ4n) is 6.22. The Labute approximate surface area is 247 Å². The second kappa shape index (κ2) is 13.1. The summed E-state index contributed by atoms with van der Waals surface area (Å²) in [7, 11) is 0. The smallest absolute Gasteiger partial charge is 0.338 e. The molecule has 224 valence electrons. The van der Waals surface area contributed by atoms with Gasteiger partial charge in [-0.1, -0.05) is 65.8 Å². The summed E-state index contributed by atoms with van der Waals surface area (Å²) in [5.41, 5.74) is 2.98. The van der Waals surface area contributed by atoms with Crippen molar-refractivity contribution >= 4 is 11.9 Å². The summed E-state index contributed by atoms with van der Waals surface area (Å²) < 4.78 is 11.9. The van der Waals surface area contributed by atoms with Crippen molar-refractivity contribution in [1.29, 1.82) is 0 Å². The minimum absolute atomic E-state index is 0.0683. The Hall–Kier alpha value is -2.70. The number of hydrogen-bond acceptors (Lipinski definition) is 6. The van der Waals surface area contributed by atoms with Crippen molar-refractivity contribution in [2.75, 3.05) is 0 Å². The number of carbonyl (C=O) groups excluding carboxylic acids is 2. The molecule has 2 saturated heterocycles. The number of nitrogens with one attached hydrogen (secondary N) is 2. The Balaban J connectivity index is 1.35. The topological polar surface area (TPSA) is 76.7 Å². The molecule has 0 saturated carbocycles. The van der Waals surface area contributed by atoms with E-state index in [2.05, 4.69) is 66.0 Å². The van der Waals surface area contributed by atoms with E-state index in [0.717, 1.165) is 36.8 Å². The summed E-state index contributed by atoms with van der Waals surface area (Å²) in [6, 6.07) is 16.0. The molecular weight excluding hydrogens is 512 g/mol. The van der Waals surface area contributed by atoms with Gasteiger partial charge in [-0.05, 0) is 67.0 Å². The monoisotopic (exact) mass is 562 g/mol. The minimum Gasteiger partial charge on any atom is -0.459 e. The van der Waals surface area contributed by atoms with Crippen LogP contribution in [0.2, 0.25) is 0 Å². The first kappa shape index (κ1) is 31.2. The van der Waals surface area contributed by atoms with Crippen molar-refractivity contribution in [2.45, 2.75) is 117 Å². The number of rotatable bonds is 8. The number of hydrogen-bond donors (Lipinski definition) is 2. The van der Waals surface area contributed by atoms with Gasteiger partial charge in [0.05, 0.1) is 11.1 Å². The number of ether oxygens (including phenoxy) is 2. The quantitative estimate of drug-likeness (QED) is 0.337. The van der Waals surface area contributed by atoms with Crippen molar-refractivity contribution < 1.29 is 19.1 Å². The van der Waals surface area contributed by atoms with Gasteiger partial charge in [0.2, 0.25) is 0 Å². The van der Waals surface area contributed by atoms with E-state index in [1.807, 2.05) is 48.5 Å². The number of esters is 2. The molecule has 0 aromatic heterocycles. The van der Waals surface area contributed by atoms with Crippen LogP contribution in [0, 0.1) is 17.8 Å². The molecule has 2 heterocycles. The van der Waals surface area contributed by atoms with Crippen molar-refractivity contribution in [3.05, 3.63) is 59.7 Å². The van der Waals surface area contributed by atoms with E-state index in [9.17, 15) is 9.59 Å². The van der Waals surface area contributed by atoms with Gasteiger partial charge in [-0.15, -0.1) is 0 Å². The zero-order chi connectivity index (χ0) is 29.9. The Morgan fingerprint density at radius 2 is 1.05 bits per heavy atom. The van der Waals surface area contributed by atoms with Gasteiger partial charge in [0.1, 0.15) is 12.2 Å². The van der Waals surface area contributed by atoms with Crippen molar-refractivity contribution in [3.63, 3.8) is 0 Å².